The molecule has 0 radical (unpaired) electrons. The van der Waals surface area contributed by atoms with Gasteiger partial charge in [0.05, 0.1) is 0 Å². The summed E-state index contributed by atoms with van der Waals surface area (Å²) in [6.07, 6.45) is 5.20. The summed E-state index contributed by atoms with van der Waals surface area (Å²) in [7, 11) is 0. The maximum atomic E-state index is 12.9. The zero-order valence-electron chi connectivity index (χ0n) is 18.9. The first-order valence-electron chi connectivity index (χ1n) is 12.3. The normalized spacial score (nSPS) is 21.8. The van der Waals surface area contributed by atoms with E-state index in [-0.39, 0.29) is 24.0 Å². The lowest BCUT2D eigenvalue weighted by atomic mass is 9.82. The van der Waals surface area contributed by atoms with Crippen molar-refractivity contribution in [1.82, 2.24) is 5.32 Å². The Bertz CT molecular complexity index is 1350. The molecule has 4 N–H and O–H groups in total. The molecule has 4 aliphatic rings. The average Bonchev–Trinajstić information content (AvgIpc) is 3.79. The van der Waals surface area contributed by atoms with Crippen LogP contribution in [0.1, 0.15) is 105 Å². The van der Waals surface area contributed by atoms with Gasteiger partial charge in [0.2, 0.25) is 0 Å². The SMILES string of the molecule is N=C(N)c1ccc(CNC(=O)c2ccc3c(c2)[C@H]2O[C@@H]3c3cc(C4CC4)c(C4CC4)cc32)cc1. The van der Waals surface area contributed by atoms with E-state index in [0.29, 0.717) is 17.7 Å². The van der Waals surface area contributed by atoms with Crippen molar-refractivity contribution >= 4 is 11.7 Å². The van der Waals surface area contributed by atoms with Crippen molar-refractivity contribution in [3.8, 4) is 0 Å². The number of amidine groups is 1. The van der Waals surface area contributed by atoms with E-state index >= 15 is 0 Å². The van der Waals surface area contributed by atoms with Gasteiger partial charge in [0.1, 0.15) is 18.0 Å². The van der Waals surface area contributed by atoms with E-state index < -0.39 is 0 Å². The largest absolute Gasteiger partial charge is 0.384 e. The first kappa shape index (κ1) is 20.0. The van der Waals surface area contributed by atoms with Gasteiger partial charge in [-0.3, -0.25) is 10.2 Å². The number of nitrogens with one attached hydrogen (secondary N) is 2. The fourth-order valence-corrected chi connectivity index (χ4v) is 5.65. The van der Waals surface area contributed by atoms with Gasteiger partial charge in [0.15, 0.2) is 0 Å². The lowest BCUT2D eigenvalue weighted by Crippen LogP contribution is -2.23. The van der Waals surface area contributed by atoms with Crippen molar-refractivity contribution in [2.24, 2.45) is 5.73 Å². The number of ether oxygens (including phenoxy) is 1. The summed E-state index contributed by atoms with van der Waals surface area (Å²) in [4.78, 5) is 12.9. The fourth-order valence-electron chi connectivity index (χ4n) is 5.65. The molecule has 3 aromatic carbocycles. The first-order chi connectivity index (χ1) is 16.6. The van der Waals surface area contributed by atoms with Crippen LogP contribution in [0.4, 0.5) is 0 Å². The van der Waals surface area contributed by atoms with Crippen molar-refractivity contribution in [3.63, 3.8) is 0 Å². The molecule has 1 amide bonds. The number of nitrogen functional groups attached to an aromatic ring is 1. The third-order valence-corrected chi connectivity index (χ3v) is 7.79. The van der Waals surface area contributed by atoms with E-state index in [1.807, 2.05) is 24.3 Å². The summed E-state index contributed by atoms with van der Waals surface area (Å²) in [5, 5.41) is 10.5. The molecule has 34 heavy (non-hydrogen) atoms. The molecule has 0 aromatic heterocycles. The second-order valence-corrected chi connectivity index (χ2v) is 10.2. The molecule has 0 unspecified atom stereocenters. The average molecular weight is 450 g/mol. The van der Waals surface area contributed by atoms with E-state index in [1.165, 1.54) is 42.4 Å². The number of benzene rings is 3. The van der Waals surface area contributed by atoms with Crippen LogP contribution in [0.15, 0.2) is 54.6 Å². The Balaban J connectivity index is 1.13. The molecule has 5 heteroatoms. The minimum absolute atomic E-state index is 0.00217. The molecule has 2 atom stereocenters. The molecule has 2 heterocycles. The maximum absolute atomic E-state index is 12.9. The number of carbonyl (C=O) groups is 1. The Morgan fingerprint density at radius 1 is 0.794 bits per heavy atom. The molecule has 2 saturated carbocycles. The summed E-state index contributed by atoms with van der Waals surface area (Å²) in [5.74, 6) is 1.44. The van der Waals surface area contributed by atoms with Crippen LogP contribution >= 0.6 is 0 Å². The predicted octanol–water partition coefficient (Wildman–Crippen LogP) is 5.18. The van der Waals surface area contributed by atoms with Gasteiger partial charge in [-0.1, -0.05) is 42.5 Å². The molecule has 2 bridgehead atoms. The molecular formula is C29H27N3O2. The highest BCUT2D eigenvalue weighted by Crippen LogP contribution is 2.58. The lowest BCUT2D eigenvalue weighted by molar-refractivity contribution is 0.0857. The van der Waals surface area contributed by atoms with E-state index in [1.54, 1.807) is 23.3 Å². The van der Waals surface area contributed by atoms with Gasteiger partial charge in [-0.15, -0.1) is 0 Å². The Morgan fingerprint density at radius 3 is 1.94 bits per heavy atom. The van der Waals surface area contributed by atoms with Gasteiger partial charge in [-0.25, -0.2) is 0 Å². The molecular weight excluding hydrogens is 422 g/mol. The van der Waals surface area contributed by atoms with Gasteiger partial charge in [0.25, 0.3) is 5.91 Å². The number of rotatable bonds is 6. The quantitative estimate of drug-likeness (QED) is 0.358. The number of hydrogen-bond acceptors (Lipinski definition) is 3. The van der Waals surface area contributed by atoms with Gasteiger partial charge >= 0.3 is 0 Å². The Hall–Kier alpha value is -3.44. The minimum atomic E-state index is -0.0933. The lowest BCUT2D eigenvalue weighted by Gasteiger charge is -2.20. The predicted molar refractivity (Wildman–Crippen MR) is 130 cm³/mol. The van der Waals surface area contributed by atoms with E-state index in [0.717, 1.165) is 23.0 Å². The van der Waals surface area contributed by atoms with Gasteiger partial charge in [0, 0.05) is 17.7 Å². The van der Waals surface area contributed by atoms with E-state index in [2.05, 4.69) is 23.5 Å². The van der Waals surface area contributed by atoms with E-state index in [4.69, 9.17) is 15.9 Å². The zero-order chi connectivity index (χ0) is 23.0. The van der Waals surface area contributed by atoms with Crippen LogP contribution in [0, 0.1) is 5.41 Å². The summed E-state index contributed by atoms with van der Waals surface area (Å²) in [6.45, 7) is 0.425. The molecule has 170 valence electrons. The number of amides is 1. The summed E-state index contributed by atoms with van der Waals surface area (Å²) >= 11 is 0. The smallest absolute Gasteiger partial charge is 0.251 e. The standard InChI is InChI=1S/C29H27N3O2/c30-28(31)18-3-1-15(2-4-18)14-32-29(33)19-9-10-20-23(11-19)27-25-13-22(17-7-8-17)21(16-5-6-16)12-24(25)26(20)34-27/h1-4,9-13,16-17,26-27H,5-8,14H2,(H3,30,31)(H,32,33)/t26-,27+/m0/s1. The molecule has 0 spiro atoms. The fraction of sp³-hybridized carbons (Fsp3) is 0.310. The molecule has 2 aliphatic heterocycles. The molecule has 2 aliphatic carbocycles. The van der Waals surface area contributed by atoms with Crippen molar-refractivity contribution in [3.05, 3.63) is 105 Å². The molecule has 7 rings (SSSR count). The van der Waals surface area contributed by atoms with Gasteiger partial charge < -0.3 is 15.8 Å². The highest BCUT2D eigenvalue weighted by atomic mass is 16.5. The number of fused-ring (bicyclic) bond motifs is 8. The van der Waals surface area contributed by atoms with Crippen LogP contribution in [0.5, 0.6) is 0 Å². The second-order valence-electron chi connectivity index (χ2n) is 10.2. The van der Waals surface area contributed by atoms with Crippen molar-refractivity contribution in [2.75, 3.05) is 0 Å². The maximum Gasteiger partial charge on any atom is 0.251 e. The van der Waals surface area contributed by atoms with Gasteiger partial charge in [-0.2, -0.15) is 0 Å². The summed E-state index contributed by atoms with van der Waals surface area (Å²) < 4.78 is 6.46. The van der Waals surface area contributed by atoms with Crippen molar-refractivity contribution in [1.29, 1.82) is 5.41 Å². The van der Waals surface area contributed by atoms with Crippen LogP contribution in [-0.4, -0.2) is 11.7 Å². The van der Waals surface area contributed by atoms with E-state index in [9.17, 15) is 4.79 Å². The molecule has 2 fully saturated rings. The van der Waals surface area contributed by atoms with Crippen molar-refractivity contribution < 1.29 is 9.53 Å². The zero-order valence-corrected chi connectivity index (χ0v) is 18.9. The number of carbonyl (C=O) groups excluding carboxylic acids is 1. The highest BCUT2D eigenvalue weighted by Gasteiger charge is 2.45. The molecule has 3 aromatic rings. The Labute approximate surface area is 198 Å². The first-order valence-corrected chi connectivity index (χ1v) is 12.3. The monoisotopic (exact) mass is 449 g/mol. The Kier molecular flexibility index (Phi) is 4.28. The van der Waals surface area contributed by atoms with Crippen LogP contribution in [-0.2, 0) is 11.3 Å². The van der Waals surface area contributed by atoms with Crippen molar-refractivity contribution in [2.45, 2.75) is 56.3 Å². The van der Waals surface area contributed by atoms with Crippen LogP contribution in [0.2, 0.25) is 0 Å². The van der Waals surface area contributed by atoms with Crippen LogP contribution < -0.4 is 11.1 Å². The number of nitrogens with two attached hydrogens (primary N) is 1. The van der Waals surface area contributed by atoms with Crippen LogP contribution in [0.3, 0.4) is 0 Å². The summed E-state index contributed by atoms with van der Waals surface area (Å²) in [6, 6.07) is 18.3. The topological polar surface area (TPSA) is 88.2 Å². The Morgan fingerprint density at radius 2 is 1.35 bits per heavy atom. The number of hydrogen-bond donors (Lipinski definition) is 3. The minimum Gasteiger partial charge on any atom is -0.384 e. The summed E-state index contributed by atoms with van der Waals surface area (Å²) in [5.41, 5.74) is 16.0. The van der Waals surface area contributed by atoms with Gasteiger partial charge in [-0.05, 0) is 88.6 Å². The second kappa shape index (κ2) is 7.28. The molecule has 0 saturated heterocycles. The third-order valence-electron chi connectivity index (χ3n) is 7.79. The highest BCUT2D eigenvalue weighted by molar-refractivity contribution is 5.95. The third kappa shape index (κ3) is 3.18. The molecule has 5 nitrogen and oxygen atoms in total. The van der Waals surface area contributed by atoms with Crippen LogP contribution in [0.25, 0.3) is 0 Å².